The summed E-state index contributed by atoms with van der Waals surface area (Å²) in [5, 5.41) is 8.88. The summed E-state index contributed by atoms with van der Waals surface area (Å²) in [4.78, 5) is 35.9. The number of rotatable bonds is 2. The third-order valence-electron chi connectivity index (χ3n) is 5.49. The minimum atomic E-state index is -0.412. The predicted octanol–water partition coefficient (Wildman–Crippen LogP) is 1.89. The molecule has 1 unspecified atom stereocenters. The van der Waals surface area contributed by atoms with Gasteiger partial charge in [-0.1, -0.05) is 20.8 Å². The predicted molar refractivity (Wildman–Crippen MR) is 107 cm³/mol. The summed E-state index contributed by atoms with van der Waals surface area (Å²) >= 11 is 0. The molecule has 2 fully saturated rings. The molecular weight excluding hydrogens is 354 g/mol. The quantitative estimate of drug-likeness (QED) is 0.779. The summed E-state index contributed by atoms with van der Waals surface area (Å²) in [5.41, 5.74) is 0.134. The van der Waals surface area contributed by atoms with E-state index in [1.807, 2.05) is 36.6 Å². The number of carbonyl (C=O) groups excluding carboxylic acids is 2. The molecule has 0 bridgehead atoms. The minimum absolute atomic E-state index is 0.0976. The average Bonchev–Trinajstić information content (AvgIpc) is 2.72. The molecule has 2 aliphatic heterocycles. The first-order chi connectivity index (χ1) is 13.3. The Balaban J connectivity index is 1.56. The first kappa shape index (κ1) is 20.1. The van der Waals surface area contributed by atoms with Gasteiger partial charge in [0.25, 0.3) is 0 Å². The summed E-state index contributed by atoms with van der Waals surface area (Å²) in [6.45, 7) is 9.83. The van der Waals surface area contributed by atoms with Crippen LogP contribution in [0, 0.1) is 22.7 Å². The number of anilines is 1. The topological polar surface area (TPSA) is 80.5 Å². The molecule has 1 atom stereocenters. The summed E-state index contributed by atoms with van der Waals surface area (Å²) in [5.74, 6) is 1.03. The van der Waals surface area contributed by atoms with Gasteiger partial charge in [-0.25, -0.2) is 4.98 Å². The number of hydrogen-bond donors (Lipinski definition) is 0. The first-order valence-corrected chi connectivity index (χ1v) is 9.99. The Morgan fingerprint density at radius 2 is 1.82 bits per heavy atom. The van der Waals surface area contributed by atoms with E-state index in [9.17, 15) is 9.59 Å². The lowest BCUT2D eigenvalue weighted by molar-refractivity contribution is -0.145. The number of piperidine rings is 1. The van der Waals surface area contributed by atoms with Crippen molar-refractivity contribution in [3.05, 3.63) is 23.9 Å². The van der Waals surface area contributed by atoms with Crippen molar-refractivity contribution >= 4 is 17.6 Å². The smallest absolute Gasteiger partial charge is 0.227 e. The fourth-order valence-corrected chi connectivity index (χ4v) is 3.89. The molecule has 0 radical (unpaired) electrons. The summed E-state index contributed by atoms with van der Waals surface area (Å²) in [6, 6.07) is 5.70. The van der Waals surface area contributed by atoms with Gasteiger partial charge < -0.3 is 14.7 Å². The maximum Gasteiger partial charge on any atom is 0.227 e. The van der Waals surface area contributed by atoms with Gasteiger partial charge in [0.2, 0.25) is 11.8 Å². The fraction of sp³-hybridized carbons (Fsp3) is 0.619. The van der Waals surface area contributed by atoms with Gasteiger partial charge in [0.05, 0.1) is 11.5 Å². The lowest BCUT2D eigenvalue weighted by Crippen LogP contribution is -2.54. The van der Waals surface area contributed by atoms with Gasteiger partial charge in [-0.15, -0.1) is 0 Å². The highest BCUT2D eigenvalue weighted by Gasteiger charge is 2.35. The SMILES string of the molecule is CC(C)(C)C(=O)N1CCCC(C(=O)N2CCN(c3ccc(C#N)cn3)CC2)C1. The molecule has 3 rings (SSSR count). The highest BCUT2D eigenvalue weighted by atomic mass is 16.2. The van der Waals surface area contributed by atoms with Crippen molar-refractivity contribution in [2.75, 3.05) is 44.2 Å². The van der Waals surface area contributed by atoms with Crippen LogP contribution in [-0.4, -0.2) is 65.9 Å². The molecule has 0 spiro atoms. The second-order valence-corrected chi connectivity index (χ2v) is 8.67. The van der Waals surface area contributed by atoms with Crippen LogP contribution in [0.2, 0.25) is 0 Å². The van der Waals surface area contributed by atoms with Crippen molar-refractivity contribution in [3.8, 4) is 6.07 Å². The van der Waals surface area contributed by atoms with E-state index >= 15 is 0 Å². The highest BCUT2D eigenvalue weighted by Crippen LogP contribution is 2.25. The molecule has 7 nitrogen and oxygen atoms in total. The van der Waals surface area contributed by atoms with Crippen molar-refractivity contribution in [1.82, 2.24) is 14.8 Å². The lowest BCUT2D eigenvalue weighted by Gasteiger charge is -2.40. The number of nitriles is 1. The molecule has 2 saturated heterocycles. The monoisotopic (exact) mass is 383 g/mol. The second-order valence-electron chi connectivity index (χ2n) is 8.67. The number of carbonyl (C=O) groups is 2. The first-order valence-electron chi connectivity index (χ1n) is 9.99. The molecule has 3 heterocycles. The van der Waals surface area contributed by atoms with Crippen LogP contribution >= 0.6 is 0 Å². The van der Waals surface area contributed by atoms with Gasteiger partial charge in [-0.2, -0.15) is 5.26 Å². The summed E-state index contributed by atoms with van der Waals surface area (Å²) < 4.78 is 0. The van der Waals surface area contributed by atoms with E-state index in [0.29, 0.717) is 25.2 Å². The Kier molecular flexibility index (Phi) is 5.87. The zero-order valence-electron chi connectivity index (χ0n) is 17.0. The normalized spacial score (nSPS) is 20.6. The van der Waals surface area contributed by atoms with E-state index in [0.717, 1.165) is 38.3 Å². The summed E-state index contributed by atoms with van der Waals surface area (Å²) in [7, 11) is 0. The second kappa shape index (κ2) is 8.17. The molecule has 2 amide bonds. The maximum absolute atomic E-state index is 13.0. The molecule has 2 aliphatic rings. The van der Waals surface area contributed by atoms with Gasteiger partial charge in [-0.3, -0.25) is 9.59 Å². The van der Waals surface area contributed by atoms with Crippen LogP contribution in [0.4, 0.5) is 5.82 Å². The largest absolute Gasteiger partial charge is 0.353 e. The number of nitrogens with zero attached hydrogens (tertiary/aromatic N) is 5. The van der Waals surface area contributed by atoms with E-state index in [1.165, 1.54) is 0 Å². The van der Waals surface area contributed by atoms with E-state index in [-0.39, 0.29) is 17.7 Å². The van der Waals surface area contributed by atoms with Gasteiger partial charge in [0, 0.05) is 50.9 Å². The van der Waals surface area contributed by atoms with Gasteiger partial charge >= 0.3 is 0 Å². The van der Waals surface area contributed by atoms with Crippen LogP contribution in [0.1, 0.15) is 39.2 Å². The van der Waals surface area contributed by atoms with E-state index in [1.54, 1.807) is 12.3 Å². The molecule has 0 aromatic carbocycles. The van der Waals surface area contributed by atoms with Gasteiger partial charge in [-0.05, 0) is 25.0 Å². The molecule has 0 aliphatic carbocycles. The molecule has 1 aromatic heterocycles. The van der Waals surface area contributed by atoms with Crippen LogP contribution in [-0.2, 0) is 9.59 Å². The fourth-order valence-electron chi connectivity index (χ4n) is 3.89. The summed E-state index contributed by atoms with van der Waals surface area (Å²) in [6.07, 6.45) is 3.31. The standard InChI is InChI=1S/C21H29N5O2/c1-21(2,3)20(28)26-8-4-5-17(15-26)19(27)25-11-9-24(10-12-25)18-7-6-16(13-22)14-23-18/h6-7,14,17H,4-5,8-12,15H2,1-3H3. The minimum Gasteiger partial charge on any atom is -0.353 e. The molecule has 7 heteroatoms. The molecule has 28 heavy (non-hydrogen) atoms. The van der Waals surface area contributed by atoms with Crippen molar-refractivity contribution in [2.45, 2.75) is 33.6 Å². The highest BCUT2D eigenvalue weighted by molar-refractivity contribution is 5.84. The Hall–Kier alpha value is -2.62. The van der Waals surface area contributed by atoms with Crippen LogP contribution < -0.4 is 4.90 Å². The average molecular weight is 383 g/mol. The van der Waals surface area contributed by atoms with Crippen molar-refractivity contribution in [2.24, 2.45) is 11.3 Å². The third kappa shape index (κ3) is 4.44. The number of hydrogen-bond acceptors (Lipinski definition) is 5. The van der Waals surface area contributed by atoms with Crippen LogP contribution in [0.25, 0.3) is 0 Å². The van der Waals surface area contributed by atoms with Gasteiger partial charge in [0.1, 0.15) is 11.9 Å². The van der Waals surface area contributed by atoms with Crippen molar-refractivity contribution in [1.29, 1.82) is 5.26 Å². The molecule has 150 valence electrons. The van der Waals surface area contributed by atoms with E-state index in [4.69, 9.17) is 5.26 Å². The number of pyridine rings is 1. The van der Waals surface area contributed by atoms with Crippen LogP contribution in [0.15, 0.2) is 18.3 Å². The van der Waals surface area contributed by atoms with Crippen molar-refractivity contribution < 1.29 is 9.59 Å². The molecule has 0 saturated carbocycles. The van der Waals surface area contributed by atoms with Crippen LogP contribution in [0.5, 0.6) is 0 Å². The number of aromatic nitrogens is 1. The number of amides is 2. The van der Waals surface area contributed by atoms with E-state index in [2.05, 4.69) is 16.0 Å². The third-order valence-corrected chi connectivity index (χ3v) is 5.49. The Labute approximate surface area is 166 Å². The van der Waals surface area contributed by atoms with Gasteiger partial charge in [0.15, 0.2) is 0 Å². The number of likely N-dealkylation sites (tertiary alicyclic amines) is 1. The maximum atomic E-state index is 13.0. The van der Waals surface area contributed by atoms with Crippen molar-refractivity contribution in [3.63, 3.8) is 0 Å². The van der Waals surface area contributed by atoms with Crippen LogP contribution in [0.3, 0.4) is 0 Å². The lowest BCUT2D eigenvalue weighted by atomic mass is 9.90. The molecule has 1 aromatic rings. The number of piperazine rings is 1. The molecule has 0 N–H and O–H groups in total. The Bertz CT molecular complexity index is 754. The zero-order valence-corrected chi connectivity index (χ0v) is 17.0. The van der Waals surface area contributed by atoms with E-state index < -0.39 is 5.41 Å². The zero-order chi connectivity index (χ0) is 20.3. The Morgan fingerprint density at radius 3 is 2.39 bits per heavy atom. The molecular formula is C21H29N5O2. The Morgan fingerprint density at radius 1 is 1.11 bits per heavy atom.